The molecule has 4 nitrogen and oxygen atoms in total. The minimum absolute atomic E-state index is 0.153. The molecule has 6 heteroatoms. The average molecular weight is 326 g/mol. The summed E-state index contributed by atoms with van der Waals surface area (Å²) in [5.41, 5.74) is -0.469. The molecule has 1 amide bonds. The molecule has 0 aromatic heterocycles. The molecule has 0 aliphatic carbocycles. The van der Waals surface area contributed by atoms with E-state index in [4.69, 9.17) is 4.74 Å². The first kappa shape index (κ1) is 17.1. The van der Waals surface area contributed by atoms with E-state index < -0.39 is 5.60 Å². The lowest BCUT2D eigenvalue weighted by atomic mass is 10.1. The Labute approximate surface area is 135 Å². The second-order valence-corrected chi connectivity index (χ2v) is 7.57. The normalized spacial score (nSPS) is 17.3. The van der Waals surface area contributed by atoms with Crippen molar-refractivity contribution in [3.63, 3.8) is 0 Å². The minimum atomic E-state index is -0.469. The van der Waals surface area contributed by atoms with Gasteiger partial charge in [-0.05, 0) is 69.8 Å². The Morgan fingerprint density at radius 3 is 2.41 bits per heavy atom. The van der Waals surface area contributed by atoms with E-state index >= 15 is 0 Å². The second kappa shape index (κ2) is 7.33. The number of hydrogen-bond donors (Lipinski definition) is 1. The van der Waals surface area contributed by atoms with Crippen LogP contribution in [0.5, 0.6) is 0 Å². The molecule has 1 aliphatic rings. The third kappa shape index (κ3) is 5.85. The van der Waals surface area contributed by atoms with Crippen LogP contribution in [0.3, 0.4) is 0 Å². The van der Waals surface area contributed by atoms with E-state index in [9.17, 15) is 9.18 Å². The maximum atomic E-state index is 12.9. The zero-order chi connectivity index (χ0) is 16.2. The van der Waals surface area contributed by atoms with Crippen molar-refractivity contribution in [1.29, 1.82) is 0 Å². The van der Waals surface area contributed by atoms with Gasteiger partial charge in [-0.1, -0.05) is 0 Å². The van der Waals surface area contributed by atoms with Gasteiger partial charge >= 0.3 is 6.09 Å². The van der Waals surface area contributed by atoms with E-state index in [1.807, 2.05) is 20.8 Å². The number of benzene rings is 1. The first-order chi connectivity index (χ1) is 10.3. The average Bonchev–Trinajstić information content (AvgIpc) is 2.41. The fraction of sp³-hybridized carbons (Fsp3) is 0.562. The lowest BCUT2D eigenvalue weighted by molar-refractivity contribution is 0.0490. The highest BCUT2D eigenvalue weighted by Crippen LogP contribution is 2.26. The summed E-state index contributed by atoms with van der Waals surface area (Å²) in [5.74, 6) is -0.218. The van der Waals surface area contributed by atoms with Gasteiger partial charge in [-0.25, -0.2) is 13.5 Å². The molecular formula is C16H23FN2O2S. The summed E-state index contributed by atoms with van der Waals surface area (Å²) in [6.07, 6.45) is 1.41. The van der Waals surface area contributed by atoms with E-state index in [-0.39, 0.29) is 18.0 Å². The topological polar surface area (TPSA) is 41.6 Å². The van der Waals surface area contributed by atoms with Gasteiger partial charge in [0.05, 0.1) is 0 Å². The van der Waals surface area contributed by atoms with Gasteiger partial charge in [-0.3, -0.25) is 0 Å². The number of alkyl carbamates (subject to hydrolysis) is 1. The number of halogens is 1. The molecule has 0 radical (unpaired) electrons. The summed E-state index contributed by atoms with van der Waals surface area (Å²) in [6.45, 7) is 7.32. The fourth-order valence-corrected chi connectivity index (χ4v) is 3.16. The van der Waals surface area contributed by atoms with Gasteiger partial charge in [-0.15, -0.1) is 0 Å². The maximum Gasteiger partial charge on any atom is 0.407 e. The van der Waals surface area contributed by atoms with Crippen LogP contribution in [0, 0.1) is 5.82 Å². The van der Waals surface area contributed by atoms with Crippen LogP contribution >= 0.6 is 11.9 Å². The number of hydrogen-bond acceptors (Lipinski definition) is 4. The largest absolute Gasteiger partial charge is 0.444 e. The molecule has 0 atom stereocenters. The number of carbonyl (C=O) groups is 1. The van der Waals surface area contributed by atoms with E-state index in [0.717, 1.165) is 30.8 Å². The van der Waals surface area contributed by atoms with Crippen molar-refractivity contribution in [2.45, 2.75) is 50.2 Å². The first-order valence-electron chi connectivity index (χ1n) is 7.50. The molecule has 1 aliphatic heterocycles. The number of ether oxygens (including phenoxy) is 1. The summed E-state index contributed by atoms with van der Waals surface area (Å²) in [4.78, 5) is 12.8. The van der Waals surface area contributed by atoms with Crippen LogP contribution in [0.15, 0.2) is 29.2 Å². The smallest absolute Gasteiger partial charge is 0.407 e. The summed E-state index contributed by atoms with van der Waals surface area (Å²) >= 11 is 1.63. The Balaban J connectivity index is 1.73. The third-order valence-electron chi connectivity index (χ3n) is 3.22. The zero-order valence-corrected chi connectivity index (χ0v) is 14.1. The monoisotopic (exact) mass is 326 g/mol. The Hall–Kier alpha value is -1.27. The summed E-state index contributed by atoms with van der Waals surface area (Å²) < 4.78 is 20.4. The minimum Gasteiger partial charge on any atom is -0.444 e. The highest BCUT2D eigenvalue weighted by atomic mass is 32.2. The van der Waals surface area contributed by atoms with E-state index in [0.29, 0.717) is 0 Å². The van der Waals surface area contributed by atoms with Gasteiger partial charge in [0.25, 0.3) is 0 Å². The number of rotatable bonds is 3. The van der Waals surface area contributed by atoms with Gasteiger partial charge in [-0.2, -0.15) is 0 Å². The molecule has 1 heterocycles. The van der Waals surface area contributed by atoms with Crippen molar-refractivity contribution in [2.24, 2.45) is 0 Å². The maximum absolute atomic E-state index is 12.9. The number of nitrogens with one attached hydrogen (secondary N) is 1. The molecule has 1 saturated heterocycles. The SMILES string of the molecule is CC(C)(C)OC(=O)NC1CCN(Sc2ccc(F)cc2)CC1. The molecule has 1 fully saturated rings. The van der Waals surface area contributed by atoms with Crippen molar-refractivity contribution in [3.8, 4) is 0 Å². The standard InChI is InChI=1S/C16H23FN2O2S/c1-16(2,3)21-15(20)18-13-8-10-19(11-9-13)22-14-6-4-12(17)5-7-14/h4-7,13H,8-11H2,1-3H3,(H,18,20). The Morgan fingerprint density at radius 1 is 1.27 bits per heavy atom. The fourth-order valence-electron chi connectivity index (χ4n) is 2.21. The van der Waals surface area contributed by atoms with Gasteiger partial charge in [0, 0.05) is 24.0 Å². The predicted molar refractivity (Wildman–Crippen MR) is 86.2 cm³/mol. The number of nitrogens with zero attached hydrogens (tertiary/aromatic N) is 1. The molecule has 0 saturated carbocycles. The van der Waals surface area contributed by atoms with Crippen LogP contribution in [0.2, 0.25) is 0 Å². The summed E-state index contributed by atoms with van der Waals surface area (Å²) in [5, 5.41) is 2.92. The number of amides is 1. The molecule has 22 heavy (non-hydrogen) atoms. The van der Waals surface area contributed by atoms with Crippen LogP contribution in [-0.4, -0.2) is 35.1 Å². The molecule has 1 N–H and O–H groups in total. The number of piperidine rings is 1. The van der Waals surface area contributed by atoms with Crippen LogP contribution in [0.25, 0.3) is 0 Å². The van der Waals surface area contributed by atoms with Gasteiger partial charge in [0.15, 0.2) is 0 Å². The molecule has 0 bridgehead atoms. The Morgan fingerprint density at radius 2 is 1.86 bits per heavy atom. The quantitative estimate of drug-likeness (QED) is 0.857. The summed E-state index contributed by atoms with van der Waals surface area (Å²) in [6, 6.07) is 6.66. The van der Waals surface area contributed by atoms with Gasteiger partial charge in [0.1, 0.15) is 11.4 Å². The molecule has 1 aromatic carbocycles. The summed E-state index contributed by atoms with van der Waals surface area (Å²) in [7, 11) is 0. The van der Waals surface area contributed by atoms with Crippen molar-refractivity contribution in [1.82, 2.24) is 9.62 Å². The molecule has 0 spiro atoms. The first-order valence-corrected chi connectivity index (χ1v) is 8.27. The highest BCUT2D eigenvalue weighted by molar-refractivity contribution is 7.97. The number of carbonyl (C=O) groups excluding carboxylic acids is 1. The zero-order valence-electron chi connectivity index (χ0n) is 13.3. The molecule has 122 valence electrons. The highest BCUT2D eigenvalue weighted by Gasteiger charge is 2.23. The lowest BCUT2D eigenvalue weighted by Gasteiger charge is -2.31. The molecule has 2 rings (SSSR count). The van der Waals surface area contributed by atoms with Crippen molar-refractivity contribution >= 4 is 18.0 Å². The van der Waals surface area contributed by atoms with E-state index in [1.54, 1.807) is 24.1 Å². The van der Waals surface area contributed by atoms with Crippen molar-refractivity contribution in [3.05, 3.63) is 30.1 Å². The van der Waals surface area contributed by atoms with E-state index in [2.05, 4.69) is 9.62 Å². The van der Waals surface area contributed by atoms with E-state index in [1.165, 1.54) is 12.1 Å². The molecule has 1 aromatic rings. The second-order valence-electron chi connectivity index (χ2n) is 6.39. The van der Waals surface area contributed by atoms with Crippen molar-refractivity contribution < 1.29 is 13.9 Å². The van der Waals surface area contributed by atoms with Crippen LogP contribution in [0.1, 0.15) is 33.6 Å². The van der Waals surface area contributed by atoms with Crippen LogP contribution in [-0.2, 0) is 4.74 Å². The Bertz CT molecular complexity index is 494. The van der Waals surface area contributed by atoms with Crippen molar-refractivity contribution in [2.75, 3.05) is 13.1 Å². The van der Waals surface area contributed by atoms with Gasteiger partial charge in [0.2, 0.25) is 0 Å². The molecular weight excluding hydrogens is 303 g/mol. The third-order valence-corrected chi connectivity index (χ3v) is 4.33. The van der Waals surface area contributed by atoms with Crippen LogP contribution < -0.4 is 5.32 Å². The Kier molecular flexibility index (Phi) is 5.69. The van der Waals surface area contributed by atoms with Gasteiger partial charge < -0.3 is 10.1 Å². The van der Waals surface area contributed by atoms with Crippen LogP contribution in [0.4, 0.5) is 9.18 Å². The lowest BCUT2D eigenvalue weighted by Crippen LogP contribution is -2.44. The molecule has 0 unspecified atom stereocenters. The predicted octanol–water partition coefficient (Wildman–Crippen LogP) is 3.82.